The molecule has 2 heterocycles. The Morgan fingerprint density at radius 2 is 2.21 bits per heavy atom. The molecular weight excluding hydrogens is 256 g/mol. The molecule has 1 aliphatic heterocycles. The number of carbonyl (C=O) groups excluding carboxylic acids is 1. The third-order valence-corrected chi connectivity index (χ3v) is 2.79. The summed E-state index contributed by atoms with van der Waals surface area (Å²) in [6.45, 7) is -0.461. The van der Waals surface area contributed by atoms with Crippen molar-refractivity contribution < 1.29 is 29.6 Å². The molecule has 0 saturated carbocycles. The van der Waals surface area contributed by atoms with Crippen LogP contribution in [-0.2, 0) is 4.74 Å². The molecule has 0 bridgehead atoms. The van der Waals surface area contributed by atoms with Gasteiger partial charge in [0.1, 0.15) is 24.1 Å². The van der Waals surface area contributed by atoms with Crippen LogP contribution < -0.4 is 10.5 Å². The highest BCUT2D eigenvalue weighted by molar-refractivity contribution is 5.95. The molecule has 8 heteroatoms. The van der Waals surface area contributed by atoms with Gasteiger partial charge in [0, 0.05) is 12.4 Å². The highest BCUT2D eigenvalue weighted by atomic mass is 16.7. The van der Waals surface area contributed by atoms with Crippen LogP contribution in [0.25, 0.3) is 0 Å². The second kappa shape index (κ2) is 5.49. The second-order valence-corrected chi connectivity index (χ2v) is 4.06. The van der Waals surface area contributed by atoms with E-state index in [0.29, 0.717) is 0 Å². The van der Waals surface area contributed by atoms with E-state index in [9.17, 15) is 15.0 Å². The standard InChI is InChI=1S/C11H14N2O6/c12-10(17)5-3-13-2-1-6(5)18-11-9(16)8(15)7(4-14)19-11/h1-3,7-9,11,14-16H,4H2,(H2,12,17)/t7-,8-,9-,11-/m1/s1. The van der Waals surface area contributed by atoms with Crippen LogP contribution >= 0.6 is 0 Å². The zero-order valence-electron chi connectivity index (χ0n) is 9.84. The van der Waals surface area contributed by atoms with E-state index < -0.39 is 37.1 Å². The van der Waals surface area contributed by atoms with Crippen molar-refractivity contribution in [1.82, 2.24) is 4.98 Å². The van der Waals surface area contributed by atoms with Gasteiger partial charge in [0.2, 0.25) is 6.29 Å². The maximum absolute atomic E-state index is 11.2. The van der Waals surface area contributed by atoms with Crippen LogP contribution in [0.15, 0.2) is 18.5 Å². The number of aromatic nitrogens is 1. The highest BCUT2D eigenvalue weighted by Gasteiger charge is 2.44. The summed E-state index contributed by atoms with van der Waals surface area (Å²) in [5.41, 5.74) is 5.18. The number of carbonyl (C=O) groups is 1. The van der Waals surface area contributed by atoms with Gasteiger partial charge in [-0.15, -0.1) is 0 Å². The third-order valence-electron chi connectivity index (χ3n) is 2.79. The molecule has 1 aromatic heterocycles. The number of nitrogens with two attached hydrogens (primary N) is 1. The minimum Gasteiger partial charge on any atom is -0.461 e. The minimum atomic E-state index is -1.34. The predicted molar refractivity (Wildman–Crippen MR) is 61.1 cm³/mol. The highest BCUT2D eigenvalue weighted by Crippen LogP contribution is 2.26. The van der Waals surface area contributed by atoms with Gasteiger partial charge in [-0.2, -0.15) is 0 Å². The molecule has 1 fully saturated rings. The Labute approximate surface area is 108 Å². The molecule has 4 atom stereocenters. The van der Waals surface area contributed by atoms with Crippen LogP contribution in [0.4, 0.5) is 0 Å². The first-order chi connectivity index (χ1) is 9.04. The van der Waals surface area contributed by atoms with Crippen LogP contribution in [0.5, 0.6) is 5.75 Å². The van der Waals surface area contributed by atoms with Crippen molar-refractivity contribution in [3.05, 3.63) is 24.0 Å². The molecular formula is C11H14N2O6. The number of rotatable bonds is 4. The quantitative estimate of drug-likeness (QED) is 0.496. The van der Waals surface area contributed by atoms with E-state index in [1.54, 1.807) is 0 Å². The summed E-state index contributed by atoms with van der Waals surface area (Å²) in [7, 11) is 0. The fourth-order valence-electron chi connectivity index (χ4n) is 1.76. The summed E-state index contributed by atoms with van der Waals surface area (Å²) in [6, 6.07) is 1.38. The van der Waals surface area contributed by atoms with E-state index in [0.717, 1.165) is 0 Å². The number of aliphatic hydroxyl groups is 3. The zero-order valence-corrected chi connectivity index (χ0v) is 9.84. The lowest BCUT2D eigenvalue weighted by atomic mass is 10.1. The Bertz CT molecular complexity index is 468. The van der Waals surface area contributed by atoms with Crippen LogP contribution in [0, 0.1) is 0 Å². The predicted octanol–water partition coefficient (Wildman–Crippen LogP) is -2.00. The minimum absolute atomic E-state index is 0.0280. The molecule has 1 amide bonds. The molecule has 19 heavy (non-hydrogen) atoms. The number of amides is 1. The molecule has 2 rings (SSSR count). The summed E-state index contributed by atoms with van der Waals surface area (Å²) in [5.74, 6) is -0.660. The van der Waals surface area contributed by atoms with Crippen molar-refractivity contribution in [2.75, 3.05) is 6.61 Å². The maximum Gasteiger partial charge on any atom is 0.254 e. The lowest BCUT2D eigenvalue weighted by molar-refractivity contribution is -0.116. The normalized spacial score (nSPS) is 30.3. The smallest absolute Gasteiger partial charge is 0.254 e. The summed E-state index contributed by atoms with van der Waals surface area (Å²) in [6.07, 6.45) is -2.16. The molecule has 1 aromatic rings. The van der Waals surface area contributed by atoms with Crippen molar-refractivity contribution in [1.29, 1.82) is 0 Å². The number of hydrogen-bond donors (Lipinski definition) is 4. The molecule has 104 valence electrons. The first kappa shape index (κ1) is 13.7. The SMILES string of the molecule is NC(=O)c1cnccc1O[C@@H]1O[C@H](CO)[C@@H](O)[C@H]1O. The van der Waals surface area contributed by atoms with Gasteiger partial charge in [0.25, 0.3) is 5.91 Å². The first-order valence-electron chi connectivity index (χ1n) is 5.57. The molecule has 0 aromatic carbocycles. The van der Waals surface area contributed by atoms with E-state index in [4.69, 9.17) is 20.3 Å². The van der Waals surface area contributed by atoms with Crippen molar-refractivity contribution in [2.24, 2.45) is 5.73 Å². The summed E-state index contributed by atoms with van der Waals surface area (Å²) in [5, 5.41) is 28.2. The molecule has 1 aliphatic rings. The van der Waals surface area contributed by atoms with Gasteiger partial charge >= 0.3 is 0 Å². The van der Waals surface area contributed by atoms with Gasteiger partial charge in [0.15, 0.2) is 0 Å². The molecule has 1 saturated heterocycles. The van der Waals surface area contributed by atoms with Gasteiger partial charge in [-0.25, -0.2) is 0 Å². The Morgan fingerprint density at radius 1 is 1.47 bits per heavy atom. The topological polar surface area (TPSA) is 135 Å². The van der Waals surface area contributed by atoms with E-state index in [2.05, 4.69) is 4.98 Å². The van der Waals surface area contributed by atoms with E-state index in [-0.39, 0.29) is 11.3 Å². The Balaban J connectivity index is 2.16. The van der Waals surface area contributed by atoms with Gasteiger partial charge in [-0.1, -0.05) is 0 Å². The van der Waals surface area contributed by atoms with Gasteiger partial charge < -0.3 is 30.5 Å². The monoisotopic (exact) mass is 270 g/mol. The van der Waals surface area contributed by atoms with Crippen LogP contribution in [-0.4, -0.2) is 57.4 Å². The van der Waals surface area contributed by atoms with E-state index in [1.165, 1.54) is 18.5 Å². The zero-order chi connectivity index (χ0) is 14.0. The number of hydrogen-bond acceptors (Lipinski definition) is 7. The summed E-state index contributed by atoms with van der Waals surface area (Å²) in [4.78, 5) is 14.9. The fourth-order valence-corrected chi connectivity index (χ4v) is 1.76. The van der Waals surface area contributed by atoms with Crippen molar-refractivity contribution in [3.8, 4) is 5.75 Å². The Kier molecular flexibility index (Phi) is 3.96. The third kappa shape index (κ3) is 2.66. The van der Waals surface area contributed by atoms with Gasteiger partial charge in [-0.3, -0.25) is 9.78 Å². The molecule has 0 unspecified atom stereocenters. The molecule has 0 radical (unpaired) electrons. The van der Waals surface area contributed by atoms with Crippen LogP contribution in [0.3, 0.4) is 0 Å². The van der Waals surface area contributed by atoms with Crippen molar-refractivity contribution >= 4 is 5.91 Å². The maximum atomic E-state index is 11.2. The number of pyridine rings is 1. The average molecular weight is 270 g/mol. The number of ether oxygens (including phenoxy) is 2. The molecule has 8 nitrogen and oxygen atoms in total. The summed E-state index contributed by atoms with van der Waals surface area (Å²) < 4.78 is 10.4. The number of primary amides is 1. The summed E-state index contributed by atoms with van der Waals surface area (Å²) >= 11 is 0. The van der Waals surface area contributed by atoms with Crippen LogP contribution in [0.1, 0.15) is 10.4 Å². The molecule has 0 spiro atoms. The Morgan fingerprint density at radius 3 is 2.79 bits per heavy atom. The molecule has 0 aliphatic carbocycles. The van der Waals surface area contributed by atoms with Crippen molar-refractivity contribution in [2.45, 2.75) is 24.6 Å². The largest absolute Gasteiger partial charge is 0.461 e. The van der Waals surface area contributed by atoms with Crippen LogP contribution in [0.2, 0.25) is 0 Å². The molecule has 5 N–H and O–H groups in total. The fraction of sp³-hybridized carbons (Fsp3) is 0.455. The number of nitrogens with zero attached hydrogens (tertiary/aromatic N) is 1. The Hall–Kier alpha value is -1.74. The number of aliphatic hydroxyl groups excluding tert-OH is 3. The van der Waals surface area contributed by atoms with E-state index >= 15 is 0 Å². The van der Waals surface area contributed by atoms with E-state index in [1.807, 2.05) is 0 Å². The van der Waals surface area contributed by atoms with Gasteiger partial charge in [0.05, 0.1) is 12.2 Å². The average Bonchev–Trinajstić information content (AvgIpc) is 2.67. The lowest BCUT2D eigenvalue weighted by Gasteiger charge is -2.17. The second-order valence-electron chi connectivity index (χ2n) is 4.06. The first-order valence-corrected chi connectivity index (χ1v) is 5.57. The lowest BCUT2D eigenvalue weighted by Crippen LogP contribution is -2.35. The van der Waals surface area contributed by atoms with Crippen molar-refractivity contribution in [3.63, 3.8) is 0 Å². The van der Waals surface area contributed by atoms with Gasteiger partial charge in [-0.05, 0) is 6.07 Å².